The van der Waals surface area contributed by atoms with E-state index in [1.54, 1.807) is 36.4 Å². The van der Waals surface area contributed by atoms with E-state index in [-0.39, 0.29) is 30.8 Å². The third-order valence-corrected chi connectivity index (χ3v) is 7.64. The monoisotopic (exact) mass is 612 g/mol. The van der Waals surface area contributed by atoms with Gasteiger partial charge in [0, 0.05) is 19.3 Å². The Balaban J connectivity index is 1.51. The quantitative estimate of drug-likeness (QED) is 0.214. The van der Waals surface area contributed by atoms with Crippen LogP contribution in [0.5, 0.6) is 0 Å². The van der Waals surface area contributed by atoms with Gasteiger partial charge < -0.3 is 15.7 Å². The highest BCUT2D eigenvalue weighted by Crippen LogP contribution is 2.30. The van der Waals surface area contributed by atoms with Crippen molar-refractivity contribution in [1.29, 1.82) is 0 Å². The van der Waals surface area contributed by atoms with Gasteiger partial charge in [0.1, 0.15) is 0 Å². The van der Waals surface area contributed by atoms with Crippen molar-refractivity contribution in [2.24, 2.45) is 0 Å². The second-order valence-electron chi connectivity index (χ2n) is 9.96. The highest BCUT2D eigenvalue weighted by atomic mass is 32.2. The first-order valence-electron chi connectivity index (χ1n) is 13.3. The lowest BCUT2D eigenvalue weighted by molar-refractivity contribution is -0.137. The third-order valence-electron chi connectivity index (χ3n) is 6.56. The Kier molecular flexibility index (Phi) is 10.2. The molecule has 0 aliphatic rings. The molecular weight excluding hydrogens is 581 g/mol. The molecule has 12 heteroatoms. The maximum absolute atomic E-state index is 13.4. The summed E-state index contributed by atoms with van der Waals surface area (Å²) < 4.78 is 65.6. The molecule has 1 amide bonds. The molecule has 4 aromatic rings. The predicted octanol–water partition coefficient (Wildman–Crippen LogP) is 4.69. The molecule has 0 bridgehead atoms. The van der Waals surface area contributed by atoms with Crippen LogP contribution in [-0.2, 0) is 29.2 Å². The van der Waals surface area contributed by atoms with Crippen molar-refractivity contribution in [2.45, 2.75) is 31.3 Å². The Morgan fingerprint density at radius 2 is 1.56 bits per heavy atom. The zero-order chi connectivity index (χ0) is 31.0. The number of benzene rings is 3. The third kappa shape index (κ3) is 8.87. The number of carbonyl (C=O) groups excluding carboxylic acids is 1. The fourth-order valence-electron chi connectivity index (χ4n) is 4.53. The number of anilines is 2. The molecule has 0 unspecified atom stereocenters. The Hall–Kier alpha value is -4.26. The second-order valence-corrected chi connectivity index (χ2v) is 11.8. The Morgan fingerprint density at radius 3 is 2.21 bits per heavy atom. The van der Waals surface area contributed by atoms with Crippen LogP contribution in [0.4, 0.5) is 24.5 Å². The minimum absolute atomic E-state index is 0.0256. The van der Waals surface area contributed by atoms with Crippen LogP contribution in [0.3, 0.4) is 0 Å². The largest absolute Gasteiger partial charge is 0.416 e. The van der Waals surface area contributed by atoms with E-state index in [0.29, 0.717) is 11.3 Å². The molecule has 2 atom stereocenters. The fourth-order valence-corrected chi connectivity index (χ4v) is 5.51. The lowest BCUT2D eigenvalue weighted by atomic mass is 10.0. The number of hydrogen-bond acceptors (Lipinski definition) is 6. The number of pyridine rings is 1. The number of hydrogen-bond donors (Lipinski definition) is 3. The van der Waals surface area contributed by atoms with Gasteiger partial charge in [-0.2, -0.15) is 13.2 Å². The summed E-state index contributed by atoms with van der Waals surface area (Å²) in [5.74, 6) is -0.589. The summed E-state index contributed by atoms with van der Waals surface area (Å²) in [7, 11) is -3.78. The topological polar surface area (TPSA) is 112 Å². The number of carbonyl (C=O) groups is 1. The van der Waals surface area contributed by atoms with Gasteiger partial charge >= 0.3 is 6.18 Å². The predicted molar refractivity (Wildman–Crippen MR) is 158 cm³/mol. The first-order chi connectivity index (χ1) is 20.4. The number of aromatic nitrogens is 1. The van der Waals surface area contributed by atoms with Crippen LogP contribution in [0.25, 0.3) is 0 Å². The number of halogens is 3. The van der Waals surface area contributed by atoms with E-state index in [0.717, 1.165) is 28.3 Å². The van der Waals surface area contributed by atoms with Gasteiger partial charge in [0.25, 0.3) is 5.91 Å². The molecule has 43 heavy (non-hydrogen) atoms. The van der Waals surface area contributed by atoms with E-state index in [2.05, 4.69) is 15.6 Å². The summed E-state index contributed by atoms with van der Waals surface area (Å²) in [5, 5.41) is 16.8. The number of alkyl halides is 3. The Bertz CT molecular complexity index is 1620. The van der Waals surface area contributed by atoms with Crippen molar-refractivity contribution < 1.29 is 31.5 Å². The molecule has 0 radical (unpaired) electrons. The zero-order valence-electron chi connectivity index (χ0n) is 23.2. The molecule has 0 aliphatic carbocycles. The van der Waals surface area contributed by atoms with Crippen molar-refractivity contribution >= 4 is 27.3 Å². The van der Waals surface area contributed by atoms with Crippen LogP contribution in [0.15, 0.2) is 103 Å². The summed E-state index contributed by atoms with van der Waals surface area (Å²) in [6.45, 7) is 0.0436. The van der Waals surface area contributed by atoms with Gasteiger partial charge in [0.15, 0.2) is 0 Å². The van der Waals surface area contributed by atoms with Gasteiger partial charge in [0.2, 0.25) is 10.0 Å². The number of rotatable bonds is 12. The molecule has 0 spiro atoms. The highest BCUT2D eigenvalue weighted by Gasteiger charge is 2.30. The number of nitrogens with zero attached hydrogens (tertiary/aromatic N) is 2. The van der Waals surface area contributed by atoms with Gasteiger partial charge in [-0.05, 0) is 41.8 Å². The van der Waals surface area contributed by atoms with E-state index >= 15 is 0 Å². The standard InChI is InChI=1S/C31H31F3N4O4S/c1-43(41,42)38(26-13-6-3-7-14-26)27-17-24(19-36-20-27)30(40)37-28(16-22-9-4-2-5-10-22)29(39)21-35-18-23-11-8-12-25(15-23)31(32,33)34/h2-15,17,19-20,28-29,35,39H,16,18,21H2,1H3,(H,37,40)/t28-,29+/m0/s1. The van der Waals surface area contributed by atoms with E-state index in [4.69, 9.17) is 0 Å². The van der Waals surface area contributed by atoms with Crippen molar-refractivity contribution in [3.05, 3.63) is 126 Å². The minimum atomic E-state index is -4.47. The average Bonchev–Trinajstić information content (AvgIpc) is 2.97. The highest BCUT2D eigenvalue weighted by molar-refractivity contribution is 7.92. The van der Waals surface area contributed by atoms with Gasteiger partial charge in [0.05, 0.1) is 47.1 Å². The van der Waals surface area contributed by atoms with Crippen LogP contribution in [0, 0.1) is 0 Å². The number of aliphatic hydroxyl groups excluding tert-OH is 1. The van der Waals surface area contributed by atoms with Gasteiger partial charge in [-0.1, -0.05) is 66.7 Å². The number of para-hydroxylation sites is 1. The van der Waals surface area contributed by atoms with Crippen LogP contribution in [0.2, 0.25) is 0 Å². The first kappa shape index (κ1) is 31.7. The molecule has 226 valence electrons. The Labute approximate surface area is 248 Å². The van der Waals surface area contributed by atoms with Gasteiger partial charge in [-0.15, -0.1) is 0 Å². The van der Waals surface area contributed by atoms with E-state index in [1.807, 2.05) is 30.3 Å². The summed E-state index contributed by atoms with van der Waals surface area (Å²) in [6.07, 6.45) is -1.66. The lowest BCUT2D eigenvalue weighted by Crippen LogP contribution is -2.48. The SMILES string of the molecule is CS(=O)(=O)N(c1ccccc1)c1cncc(C(=O)N[C@@H](Cc2ccccc2)[C@H](O)CNCc2cccc(C(F)(F)F)c2)c1. The molecule has 3 aromatic carbocycles. The lowest BCUT2D eigenvalue weighted by Gasteiger charge is -2.26. The van der Waals surface area contributed by atoms with Crippen LogP contribution < -0.4 is 14.9 Å². The van der Waals surface area contributed by atoms with Crippen molar-refractivity contribution in [3.8, 4) is 0 Å². The van der Waals surface area contributed by atoms with Crippen LogP contribution in [-0.4, -0.2) is 49.4 Å². The maximum atomic E-state index is 13.4. The van der Waals surface area contributed by atoms with E-state index in [1.165, 1.54) is 24.5 Å². The summed E-state index contributed by atoms with van der Waals surface area (Å²) in [5.41, 5.74) is 1.06. The number of amides is 1. The molecule has 0 saturated carbocycles. The molecule has 0 saturated heterocycles. The Morgan fingerprint density at radius 1 is 0.907 bits per heavy atom. The molecule has 3 N–H and O–H groups in total. The molecule has 4 rings (SSSR count). The summed E-state index contributed by atoms with van der Waals surface area (Å²) in [4.78, 5) is 17.5. The molecule has 1 aromatic heterocycles. The summed E-state index contributed by atoms with van der Waals surface area (Å²) in [6, 6.07) is 23.0. The van der Waals surface area contributed by atoms with Gasteiger partial charge in [-0.25, -0.2) is 12.7 Å². The molecule has 8 nitrogen and oxygen atoms in total. The molecular formula is C31H31F3N4O4S. The normalized spacial score (nSPS) is 13.2. The van der Waals surface area contributed by atoms with E-state index < -0.39 is 39.8 Å². The zero-order valence-corrected chi connectivity index (χ0v) is 24.0. The molecule has 0 aliphatic heterocycles. The second kappa shape index (κ2) is 13.8. The van der Waals surface area contributed by atoms with E-state index in [9.17, 15) is 31.5 Å². The number of nitrogens with one attached hydrogen (secondary N) is 2. The minimum Gasteiger partial charge on any atom is -0.390 e. The van der Waals surface area contributed by atoms with Crippen LogP contribution in [0.1, 0.15) is 27.0 Å². The number of sulfonamides is 1. The molecule has 1 heterocycles. The van der Waals surface area contributed by atoms with Crippen molar-refractivity contribution in [2.75, 3.05) is 17.1 Å². The average molecular weight is 613 g/mol. The van der Waals surface area contributed by atoms with Crippen molar-refractivity contribution in [1.82, 2.24) is 15.6 Å². The fraction of sp³-hybridized carbons (Fsp3) is 0.226. The first-order valence-corrected chi connectivity index (χ1v) is 15.2. The smallest absolute Gasteiger partial charge is 0.390 e. The molecule has 0 fully saturated rings. The van der Waals surface area contributed by atoms with Gasteiger partial charge in [-0.3, -0.25) is 9.78 Å². The maximum Gasteiger partial charge on any atom is 0.416 e. The number of aliphatic hydroxyl groups is 1. The summed E-state index contributed by atoms with van der Waals surface area (Å²) >= 11 is 0. The van der Waals surface area contributed by atoms with Crippen LogP contribution >= 0.6 is 0 Å². The van der Waals surface area contributed by atoms with Crippen molar-refractivity contribution in [3.63, 3.8) is 0 Å².